The van der Waals surface area contributed by atoms with Gasteiger partial charge in [0.1, 0.15) is 22.1 Å². The van der Waals surface area contributed by atoms with E-state index in [0.29, 0.717) is 15.7 Å². The van der Waals surface area contributed by atoms with Crippen LogP contribution in [0, 0.1) is 0 Å². The fourth-order valence-electron chi connectivity index (χ4n) is 2.85. The van der Waals surface area contributed by atoms with Crippen molar-refractivity contribution in [2.75, 3.05) is 19.0 Å². The molecule has 0 saturated carbocycles. The topological polar surface area (TPSA) is 93.6 Å². The number of benzene rings is 1. The Bertz CT molecular complexity index is 1060. The van der Waals surface area contributed by atoms with Gasteiger partial charge in [0.15, 0.2) is 5.65 Å². The molecule has 0 bridgehead atoms. The lowest BCUT2D eigenvalue weighted by molar-refractivity contribution is 0.0691. The summed E-state index contributed by atoms with van der Waals surface area (Å²) in [5, 5.41) is 5.77. The number of nitrogens with two attached hydrogens (primary N) is 1. The molecule has 0 atom stereocenters. The summed E-state index contributed by atoms with van der Waals surface area (Å²) in [4.78, 5) is 30.0. The minimum absolute atomic E-state index is 0.0558. The zero-order valence-corrected chi connectivity index (χ0v) is 14.9. The molecule has 0 spiro atoms. The Kier molecular flexibility index (Phi) is 3.48. The fraction of sp³-hybridized carbons (Fsp3) is 0.125. The van der Waals surface area contributed by atoms with E-state index in [1.807, 2.05) is 18.4 Å². The van der Waals surface area contributed by atoms with Gasteiger partial charge in [-0.1, -0.05) is 23.7 Å². The molecule has 2 N–H and O–H groups in total. The molecule has 0 saturated heterocycles. The maximum Gasteiger partial charge on any atom is 0.280 e. The third-order valence-corrected chi connectivity index (χ3v) is 5.04. The molecule has 4 rings (SSSR count). The van der Waals surface area contributed by atoms with Crippen LogP contribution in [-0.2, 0) is 0 Å². The van der Waals surface area contributed by atoms with Crippen LogP contribution in [0.2, 0.25) is 5.02 Å². The first-order chi connectivity index (χ1) is 11.9. The van der Waals surface area contributed by atoms with Gasteiger partial charge in [-0.2, -0.15) is 9.61 Å². The average Bonchev–Trinajstić information content (AvgIpc) is 3.08. The number of rotatable bonds is 2. The number of hydrogen-bond donors (Lipinski definition) is 1. The predicted octanol–water partition coefficient (Wildman–Crippen LogP) is 2.58. The molecule has 3 aromatic rings. The van der Waals surface area contributed by atoms with E-state index < -0.39 is 11.8 Å². The van der Waals surface area contributed by atoms with Gasteiger partial charge in [0, 0.05) is 12.1 Å². The largest absolute Gasteiger partial charge is 0.383 e. The molecule has 2 aromatic heterocycles. The molecular formula is C16H12ClN5O2S. The van der Waals surface area contributed by atoms with E-state index >= 15 is 0 Å². The van der Waals surface area contributed by atoms with Gasteiger partial charge in [-0.3, -0.25) is 14.5 Å². The summed E-state index contributed by atoms with van der Waals surface area (Å²) >= 11 is 7.40. The number of carbonyl (C=O) groups is 2. The summed E-state index contributed by atoms with van der Waals surface area (Å²) in [6.45, 7) is 0. The Morgan fingerprint density at radius 1 is 1.12 bits per heavy atom. The second-order valence-electron chi connectivity index (χ2n) is 5.52. The van der Waals surface area contributed by atoms with Crippen LogP contribution in [0.4, 0.5) is 5.82 Å². The standard InChI is InChI=1S/C16H12ClN5O2S/c1-21-15(23)10-11(16(21)24)19-13-9(7-3-5-8(17)6-4-7)14(25-2)20-22(13)12(10)18/h3-6H,18H2,1-2H3. The first-order valence-electron chi connectivity index (χ1n) is 7.28. The number of amides is 2. The molecule has 3 heterocycles. The summed E-state index contributed by atoms with van der Waals surface area (Å²) in [5.41, 5.74) is 8.33. The number of nitrogens with zero attached hydrogens (tertiary/aromatic N) is 4. The smallest absolute Gasteiger partial charge is 0.280 e. The van der Waals surface area contributed by atoms with Gasteiger partial charge in [-0.25, -0.2) is 4.98 Å². The van der Waals surface area contributed by atoms with Crippen LogP contribution in [-0.4, -0.2) is 44.6 Å². The summed E-state index contributed by atoms with van der Waals surface area (Å²) in [6, 6.07) is 7.24. The van der Waals surface area contributed by atoms with E-state index in [9.17, 15) is 9.59 Å². The van der Waals surface area contributed by atoms with Crippen LogP contribution in [0.3, 0.4) is 0 Å². The minimum Gasteiger partial charge on any atom is -0.383 e. The van der Waals surface area contributed by atoms with Crippen LogP contribution in [0.25, 0.3) is 16.8 Å². The van der Waals surface area contributed by atoms with Crippen molar-refractivity contribution in [1.29, 1.82) is 0 Å². The van der Waals surface area contributed by atoms with Crippen LogP contribution >= 0.6 is 23.4 Å². The number of thioether (sulfide) groups is 1. The van der Waals surface area contributed by atoms with Crippen LogP contribution in [0.15, 0.2) is 29.3 Å². The summed E-state index contributed by atoms with van der Waals surface area (Å²) in [7, 11) is 1.40. The molecule has 1 aliphatic rings. The van der Waals surface area contributed by atoms with Crippen molar-refractivity contribution in [1.82, 2.24) is 19.5 Å². The first-order valence-corrected chi connectivity index (χ1v) is 8.88. The number of carbonyl (C=O) groups excluding carboxylic acids is 2. The van der Waals surface area contributed by atoms with Crippen molar-refractivity contribution in [3.05, 3.63) is 40.5 Å². The number of anilines is 1. The molecule has 0 unspecified atom stereocenters. The Hall–Kier alpha value is -2.58. The second kappa shape index (κ2) is 5.47. The highest BCUT2D eigenvalue weighted by atomic mass is 35.5. The summed E-state index contributed by atoms with van der Waals surface area (Å²) < 4.78 is 1.42. The lowest BCUT2D eigenvalue weighted by Gasteiger charge is -2.05. The van der Waals surface area contributed by atoms with Crippen molar-refractivity contribution < 1.29 is 9.59 Å². The third-order valence-electron chi connectivity index (χ3n) is 4.12. The Morgan fingerprint density at radius 2 is 1.80 bits per heavy atom. The van der Waals surface area contributed by atoms with E-state index in [1.165, 1.54) is 23.3 Å². The molecule has 0 aliphatic carbocycles. The molecule has 2 amide bonds. The Morgan fingerprint density at radius 3 is 2.44 bits per heavy atom. The fourth-order valence-corrected chi connectivity index (χ4v) is 3.55. The zero-order valence-electron chi connectivity index (χ0n) is 13.3. The van der Waals surface area contributed by atoms with Crippen LogP contribution < -0.4 is 5.73 Å². The molecule has 126 valence electrons. The van der Waals surface area contributed by atoms with Crippen LogP contribution in [0.1, 0.15) is 20.8 Å². The number of halogens is 1. The number of fused-ring (bicyclic) bond motifs is 2. The SMILES string of the molecule is CSc1nn2c(N)c3c(nc2c1-c1ccc(Cl)cc1)C(=O)N(C)C3=O. The molecule has 7 nitrogen and oxygen atoms in total. The third kappa shape index (κ3) is 2.14. The van der Waals surface area contributed by atoms with E-state index in [2.05, 4.69) is 10.1 Å². The van der Waals surface area contributed by atoms with Crippen LogP contribution in [0.5, 0.6) is 0 Å². The zero-order chi connectivity index (χ0) is 17.9. The van der Waals surface area contributed by atoms with Crippen molar-refractivity contribution >= 4 is 46.6 Å². The van der Waals surface area contributed by atoms with Crippen molar-refractivity contribution in [3.63, 3.8) is 0 Å². The van der Waals surface area contributed by atoms with Gasteiger partial charge in [-0.15, -0.1) is 11.8 Å². The molecule has 25 heavy (non-hydrogen) atoms. The molecule has 9 heteroatoms. The van der Waals surface area contributed by atoms with E-state index in [1.54, 1.807) is 12.1 Å². The normalized spacial score (nSPS) is 13.8. The van der Waals surface area contributed by atoms with E-state index in [4.69, 9.17) is 17.3 Å². The van der Waals surface area contributed by atoms with Crippen molar-refractivity contribution in [2.24, 2.45) is 0 Å². The second-order valence-corrected chi connectivity index (χ2v) is 6.75. The van der Waals surface area contributed by atoms with Gasteiger partial charge < -0.3 is 5.73 Å². The number of hydrogen-bond acceptors (Lipinski definition) is 6. The maximum absolute atomic E-state index is 12.3. The molecule has 1 aromatic carbocycles. The Balaban J connectivity index is 2.08. The first kappa shape index (κ1) is 15.9. The highest BCUT2D eigenvalue weighted by molar-refractivity contribution is 7.98. The lowest BCUT2D eigenvalue weighted by Crippen LogP contribution is -2.24. The lowest BCUT2D eigenvalue weighted by atomic mass is 10.1. The molecule has 0 fully saturated rings. The maximum atomic E-state index is 12.3. The van der Waals surface area contributed by atoms with Crippen molar-refractivity contribution in [2.45, 2.75) is 5.03 Å². The average molecular weight is 374 g/mol. The molecule has 0 radical (unpaired) electrons. The van der Waals surface area contributed by atoms with Crippen molar-refractivity contribution in [3.8, 4) is 11.1 Å². The monoisotopic (exact) mass is 373 g/mol. The molecule has 1 aliphatic heterocycles. The minimum atomic E-state index is -0.471. The van der Waals surface area contributed by atoms with Gasteiger partial charge in [0.2, 0.25) is 0 Å². The van der Waals surface area contributed by atoms with Gasteiger partial charge >= 0.3 is 0 Å². The van der Waals surface area contributed by atoms with E-state index in [0.717, 1.165) is 16.0 Å². The Labute approximate surface area is 151 Å². The highest BCUT2D eigenvalue weighted by Gasteiger charge is 2.38. The number of imide groups is 1. The van der Waals surface area contributed by atoms with E-state index in [-0.39, 0.29) is 17.1 Å². The summed E-state index contributed by atoms with van der Waals surface area (Å²) in [5.74, 6) is -0.831. The van der Waals surface area contributed by atoms with Gasteiger partial charge in [0.25, 0.3) is 11.8 Å². The molecular weight excluding hydrogens is 362 g/mol. The summed E-state index contributed by atoms with van der Waals surface area (Å²) in [6.07, 6.45) is 1.88. The predicted molar refractivity (Wildman–Crippen MR) is 96.1 cm³/mol. The van der Waals surface area contributed by atoms with Gasteiger partial charge in [0.05, 0.1) is 5.56 Å². The number of nitrogen functional groups attached to an aromatic ring is 1. The number of aromatic nitrogens is 3. The van der Waals surface area contributed by atoms with Gasteiger partial charge in [-0.05, 0) is 24.0 Å². The highest BCUT2D eigenvalue weighted by Crippen LogP contribution is 2.36. The quantitative estimate of drug-likeness (QED) is 0.548.